The number of nitrogens with zero attached hydrogens (tertiary/aromatic N) is 1. The standard InChI is InChI=1S/C25H51NO3/c1-4-6-8-10-11-12-13-15-19-25(29)22-26(20-16-17-23(3)27)21-24(28)18-14-9-7-5-2/h24-25,28-29H,4-22H2,1-3H3. The third-order valence-electron chi connectivity index (χ3n) is 5.72. The number of aliphatic hydroxyl groups excluding tert-OH is 2. The van der Waals surface area contributed by atoms with E-state index >= 15 is 0 Å². The van der Waals surface area contributed by atoms with E-state index in [0.717, 1.165) is 38.6 Å². The average molecular weight is 414 g/mol. The number of hydrogen-bond donors (Lipinski definition) is 2. The number of Topliss-reactive ketones (excluding diaryl/α,β-unsaturated/α-hetero) is 1. The van der Waals surface area contributed by atoms with Gasteiger partial charge in [-0.2, -0.15) is 0 Å². The van der Waals surface area contributed by atoms with E-state index in [1.807, 2.05) is 0 Å². The minimum absolute atomic E-state index is 0.213. The number of rotatable bonds is 22. The van der Waals surface area contributed by atoms with Gasteiger partial charge in [0.1, 0.15) is 5.78 Å². The van der Waals surface area contributed by atoms with Gasteiger partial charge in [0.2, 0.25) is 0 Å². The molecule has 29 heavy (non-hydrogen) atoms. The Bertz CT molecular complexity index is 362. The van der Waals surface area contributed by atoms with Crippen molar-refractivity contribution in [1.29, 1.82) is 0 Å². The molecule has 0 aromatic heterocycles. The van der Waals surface area contributed by atoms with Gasteiger partial charge in [-0.1, -0.05) is 90.9 Å². The summed E-state index contributed by atoms with van der Waals surface area (Å²) in [7, 11) is 0. The van der Waals surface area contributed by atoms with Crippen molar-refractivity contribution >= 4 is 5.78 Å². The number of unbranched alkanes of at least 4 members (excludes halogenated alkanes) is 10. The highest BCUT2D eigenvalue weighted by atomic mass is 16.3. The molecule has 4 nitrogen and oxygen atoms in total. The summed E-state index contributed by atoms with van der Waals surface area (Å²) in [5, 5.41) is 20.9. The van der Waals surface area contributed by atoms with Crippen LogP contribution in [0.5, 0.6) is 0 Å². The second-order valence-electron chi connectivity index (χ2n) is 8.99. The molecule has 0 amide bonds. The highest BCUT2D eigenvalue weighted by Gasteiger charge is 2.16. The highest BCUT2D eigenvalue weighted by molar-refractivity contribution is 5.75. The van der Waals surface area contributed by atoms with Gasteiger partial charge in [0.05, 0.1) is 12.2 Å². The van der Waals surface area contributed by atoms with Crippen molar-refractivity contribution in [2.45, 2.75) is 136 Å². The van der Waals surface area contributed by atoms with E-state index in [0.29, 0.717) is 19.5 Å². The Balaban J connectivity index is 4.10. The van der Waals surface area contributed by atoms with Gasteiger partial charge in [-0.15, -0.1) is 0 Å². The van der Waals surface area contributed by atoms with E-state index < -0.39 is 0 Å². The molecule has 4 heteroatoms. The van der Waals surface area contributed by atoms with Crippen molar-refractivity contribution in [2.24, 2.45) is 0 Å². The molecule has 2 unspecified atom stereocenters. The topological polar surface area (TPSA) is 60.8 Å². The van der Waals surface area contributed by atoms with Crippen molar-refractivity contribution in [3.05, 3.63) is 0 Å². The zero-order chi connectivity index (χ0) is 21.7. The Kier molecular flexibility index (Phi) is 20.5. The third-order valence-corrected chi connectivity index (χ3v) is 5.72. The van der Waals surface area contributed by atoms with Crippen molar-refractivity contribution in [1.82, 2.24) is 4.90 Å². The Morgan fingerprint density at radius 2 is 1.10 bits per heavy atom. The normalized spacial score (nSPS) is 13.7. The Morgan fingerprint density at radius 3 is 1.55 bits per heavy atom. The molecule has 0 saturated heterocycles. The quantitative estimate of drug-likeness (QED) is 0.218. The molecule has 0 aromatic carbocycles. The predicted octanol–water partition coefficient (Wildman–Crippen LogP) is 5.88. The molecule has 0 fully saturated rings. The SMILES string of the molecule is CCCCCCCCCCC(O)CN(CCCC(C)=O)CC(O)CCCCCC. The fourth-order valence-corrected chi connectivity index (χ4v) is 3.91. The van der Waals surface area contributed by atoms with Gasteiger partial charge in [-0.3, -0.25) is 4.90 Å². The van der Waals surface area contributed by atoms with Crippen LogP contribution in [0.2, 0.25) is 0 Å². The lowest BCUT2D eigenvalue weighted by molar-refractivity contribution is -0.117. The van der Waals surface area contributed by atoms with E-state index in [9.17, 15) is 15.0 Å². The minimum Gasteiger partial charge on any atom is -0.392 e. The summed E-state index contributed by atoms with van der Waals surface area (Å²) in [5.74, 6) is 0.213. The lowest BCUT2D eigenvalue weighted by atomic mass is 10.0. The molecule has 0 radical (unpaired) electrons. The van der Waals surface area contributed by atoms with Crippen molar-refractivity contribution in [3.63, 3.8) is 0 Å². The van der Waals surface area contributed by atoms with Crippen LogP contribution in [0.3, 0.4) is 0 Å². The highest BCUT2D eigenvalue weighted by Crippen LogP contribution is 2.13. The second kappa shape index (κ2) is 20.8. The molecule has 174 valence electrons. The van der Waals surface area contributed by atoms with Crippen LogP contribution in [-0.2, 0) is 4.79 Å². The Morgan fingerprint density at radius 1 is 0.690 bits per heavy atom. The molecule has 2 atom stereocenters. The third kappa shape index (κ3) is 20.6. The van der Waals surface area contributed by atoms with Crippen LogP contribution in [-0.4, -0.2) is 52.7 Å². The van der Waals surface area contributed by atoms with Gasteiger partial charge in [-0.25, -0.2) is 0 Å². The monoisotopic (exact) mass is 413 g/mol. The van der Waals surface area contributed by atoms with Gasteiger partial charge >= 0.3 is 0 Å². The van der Waals surface area contributed by atoms with Crippen molar-refractivity contribution in [3.8, 4) is 0 Å². The van der Waals surface area contributed by atoms with Crippen LogP contribution >= 0.6 is 0 Å². The maximum Gasteiger partial charge on any atom is 0.129 e. The lowest BCUT2D eigenvalue weighted by Gasteiger charge is -2.27. The average Bonchev–Trinajstić information content (AvgIpc) is 2.67. The van der Waals surface area contributed by atoms with Crippen LogP contribution in [0.25, 0.3) is 0 Å². The molecule has 0 aliphatic carbocycles. The molecule has 0 aromatic rings. The summed E-state index contributed by atoms with van der Waals surface area (Å²) < 4.78 is 0. The Hall–Kier alpha value is -0.450. The number of ketones is 1. The van der Waals surface area contributed by atoms with Gasteiger partial charge in [0, 0.05) is 19.5 Å². The van der Waals surface area contributed by atoms with Gasteiger partial charge in [0.15, 0.2) is 0 Å². The van der Waals surface area contributed by atoms with E-state index in [1.54, 1.807) is 6.92 Å². The smallest absolute Gasteiger partial charge is 0.129 e. The number of aliphatic hydroxyl groups is 2. The van der Waals surface area contributed by atoms with Crippen molar-refractivity contribution < 1.29 is 15.0 Å². The predicted molar refractivity (Wildman–Crippen MR) is 124 cm³/mol. The van der Waals surface area contributed by atoms with Gasteiger partial charge < -0.3 is 15.0 Å². The fraction of sp³-hybridized carbons (Fsp3) is 0.960. The van der Waals surface area contributed by atoms with E-state index in [1.165, 1.54) is 64.2 Å². The van der Waals surface area contributed by atoms with E-state index in [2.05, 4.69) is 18.7 Å². The summed E-state index contributed by atoms with van der Waals surface area (Å²) in [6.45, 7) is 8.07. The first-order valence-electron chi connectivity index (χ1n) is 12.6. The molecular weight excluding hydrogens is 362 g/mol. The molecule has 0 saturated carbocycles. The summed E-state index contributed by atoms with van der Waals surface area (Å²) in [4.78, 5) is 13.4. The summed E-state index contributed by atoms with van der Waals surface area (Å²) in [6, 6.07) is 0. The van der Waals surface area contributed by atoms with Crippen LogP contribution < -0.4 is 0 Å². The minimum atomic E-state index is -0.334. The summed E-state index contributed by atoms with van der Waals surface area (Å²) >= 11 is 0. The first-order chi connectivity index (χ1) is 14.0. The van der Waals surface area contributed by atoms with Gasteiger partial charge in [-0.05, 0) is 32.7 Å². The molecule has 0 aliphatic rings. The van der Waals surface area contributed by atoms with E-state index in [-0.39, 0.29) is 18.0 Å². The van der Waals surface area contributed by atoms with Gasteiger partial charge in [0.25, 0.3) is 0 Å². The first kappa shape index (κ1) is 28.5. The molecule has 0 aliphatic heterocycles. The Labute approximate surface area is 181 Å². The summed E-state index contributed by atoms with van der Waals surface area (Å²) in [5.41, 5.74) is 0. The van der Waals surface area contributed by atoms with Crippen LogP contribution in [0.4, 0.5) is 0 Å². The zero-order valence-corrected chi connectivity index (χ0v) is 19.8. The molecule has 0 bridgehead atoms. The maximum absolute atomic E-state index is 11.2. The molecule has 0 spiro atoms. The summed E-state index contributed by atoms with van der Waals surface area (Å²) in [6.07, 6.45) is 17.3. The molecule has 0 rings (SSSR count). The fourth-order valence-electron chi connectivity index (χ4n) is 3.91. The molecular formula is C25H51NO3. The van der Waals surface area contributed by atoms with Crippen LogP contribution in [0.1, 0.15) is 124 Å². The number of hydrogen-bond acceptors (Lipinski definition) is 4. The zero-order valence-electron chi connectivity index (χ0n) is 19.8. The molecule has 0 heterocycles. The largest absolute Gasteiger partial charge is 0.392 e. The maximum atomic E-state index is 11.2. The van der Waals surface area contributed by atoms with Crippen LogP contribution in [0.15, 0.2) is 0 Å². The lowest BCUT2D eigenvalue weighted by Crippen LogP contribution is -2.38. The van der Waals surface area contributed by atoms with E-state index in [4.69, 9.17) is 0 Å². The van der Waals surface area contributed by atoms with Crippen LogP contribution in [0, 0.1) is 0 Å². The molecule has 2 N–H and O–H groups in total. The first-order valence-corrected chi connectivity index (χ1v) is 12.6. The van der Waals surface area contributed by atoms with Crippen molar-refractivity contribution in [2.75, 3.05) is 19.6 Å². The number of carbonyl (C=O) groups is 1. The number of carbonyl (C=O) groups excluding carboxylic acids is 1. The second-order valence-corrected chi connectivity index (χ2v) is 8.99.